The summed E-state index contributed by atoms with van der Waals surface area (Å²) in [6, 6.07) is 13.7. The Morgan fingerprint density at radius 2 is 1.91 bits per heavy atom. The molecule has 0 fully saturated rings. The fourth-order valence-electron chi connectivity index (χ4n) is 2.58. The van der Waals surface area contributed by atoms with Crippen molar-refractivity contribution in [3.63, 3.8) is 0 Å². The lowest BCUT2D eigenvalue weighted by Gasteiger charge is -2.18. The summed E-state index contributed by atoms with van der Waals surface area (Å²) in [6.07, 6.45) is 0. The minimum atomic E-state index is -0.112. The van der Waals surface area contributed by atoms with E-state index in [1.807, 2.05) is 50.2 Å². The van der Waals surface area contributed by atoms with Gasteiger partial charge in [-0.3, -0.25) is 4.79 Å². The Balaban J connectivity index is 1.94. The number of rotatable bonds is 6. The largest absolute Gasteiger partial charge is 0.496 e. The molecule has 4 heteroatoms. The molecule has 2 rings (SSSR count). The highest BCUT2D eigenvalue weighted by molar-refractivity contribution is 5.81. The lowest BCUT2D eigenvalue weighted by Crippen LogP contribution is -2.32. The molecule has 0 bridgehead atoms. The van der Waals surface area contributed by atoms with Gasteiger partial charge in [-0.2, -0.15) is 0 Å². The number of methoxy groups -OCH3 is 1. The van der Waals surface area contributed by atoms with Crippen molar-refractivity contribution < 1.29 is 9.53 Å². The first-order chi connectivity index (χ1) is 11.0. The van der Waals surface area contributed by atoms with Crippen LogP contribution in [-0.2, 0) is 4.79 Å². The minimum absolute atomic E-state index is 0.0524. The van der Waals surface area contributed by atoms with Crippen LogP contribution in [0.3, 0.4) is 0 Å². The number of carbonyl (C=O) groups excluding carboxylic acids is 1. The van der Waals surface area contributed by atoms with Crippen molar-refractivity contribution in [1.29, 1.82) is 0 Å². The number of carbonyl (C=O) groups is 1. The number of anilines is 1. The van der Waals surface area contributed by atoms with E-state index in [1.165, 1.54) is 5.56 Å². The predicted octanol–water partition coefficient (Wildman–Crippen LogP) is 3.60. The van der Waals surface area contributed by atoms with Crippen LogP contribution in [0, 0.1) is 13.8 Å². The molecule has 2 N–H and O–H groups in total. The average molecular weight is 312 g/mol. The van der Waals surface area contributed by atoms with Crippen LogP contribution >= 0.6 is 0 Å². The van der Waals surface area contributed by atoms with Crippen molar-refractivity contribution in [2.24, 2.45) is 0 Å². The second-order valence-corrected chi connectivity index (χ2v) is 5.70. The monoisotopic (exact) mass is 312 g/mol. The number of hydrogen-bond donors (Lipinski definition) is 2. The summed E-state index contributed by atoms with van der Waals surface area (Å²) in [4.78, 5) is 12.2. The fraction of sp³-hybridized carbons (Fsp3) is 0.316. The Morgan fingerprint density at radius 1 is 1.17 bits per heavy atom. The first-order valence-electron chi connectivity index (χ1n) is 7.74. The zero-order valence-corrected chi connectivity index (χ0v) is 14.1. The van der Waals surface area contributed by atoms with Crippen molar-refractivity contribution in [3.05, 3.63) is 59.2 Å². The van der Waals surface area contributed by atoms with E-state index in [2.05, 4.69) is 23.6 Å². The summed E-state index contributed by atoms with van der Waals surface area (Å²) >= 11 is 0. The van der Waals surface area contributed by atoms with E-state index in [-0.39, 0.29) is 18.5 Å². The summed E-state index contributed by atoms with van der Waals surface area (Å²) in [7, 11) is 1.63. The lowest BCUT2D eigenvalue weighted by atomic mass is 10.1. The standard InChI is InChI=1S/C19H24N2O2/c1-13-9-10-17(14(2)11-13)20-12-19(22)21-15(3)16-7-5-6-8-18(16)23-4/h5-11,15,20H,12H2,1-4H3,(H,21,22). The van der Waals surface area contributed by atoms with Crippen molar-refractivity contribution in [3.8, 4) is 5.75 Å². The van der Waals surface area contributed by atoms with Gasteiger partial charge in [0.2, 0.25) is 5.91 Å². The van der Waals surface area contributed by atoms with Gasteiger partial charge in [-0.15, -0.1) is 0 Å². The van der Waals surface area contributed by atoms with Crippen molar-refractivity contribution in [2.45, 2.75) is 26.8 Å². The van der Waals surface area contributed by atoms with Crippen molar-refractivity contribution in [1.82, 2.24) is 5.32 Å². The maximum Gasteiger partial charge on any atom is 0.239 e. The van der Waals surface area contributed by atoms with Gasteiger partial charge in [-0.05, 0) is 38.5 Å². The van der Waals surface area contributed by atoms with E-state index in [1.54, 1.807) is 7.11 Å². The van der Waals surface area contributed by atoms with E-state index < -0.39 is 0 Å². The molecule has 0 spiro atoms. The molecule has 122 valence electrons. The first kappa shape index (κ1) is 16.9. The topological polar surface area (TPSA) is 50.4 Å². The highest BCUT2D eigenvalue weighted by Crippen LogP contribution is 2.24. The van der Waals surface area contributed by atoms with Gasteiger partial charge >= 0.3 is 0 Å². The first-order valence-corrected chi connectivity index (χ1v) is 7.74. The average Bonchev–Trinajstić information content (AvgIpc) is 2.54. The van der Waals surface area contributed by atoms with Gasteiger partial charge in [0.05, 0.1) is 19.7 Å². The predicted molar refractivity (Wildman–Crippen MR) is 94.0 cm³/mol. The molecule has 0 aliphatic rings. The molecule has 0 heterocycles. The third-order valence-corrected chi connectivity index (χ3v) is 3.80. The van der Waals surface area contributed by atoms with E-state index >= 15 is 0 Å². The molecule has 0 aliphatic carbocycles. The van der Waals surface area contributed by atoms with Crippen LogP contribution in [-0.4, -0.2) is 19.6 Å². The Bertz CT molecular complexity index is 683. The third kappa shape index (κ3) is 4.49. The molecule has 1 amide bonds. The van der Waals surface area contributed by atoms with Crippen molar-refractivity contribution in [2.75, 3.05) is 19.0 Å². The zero-order chi connectivity index (χ0) is 16.8. The number of benzene rings is 2. The number of para-hydroxylation sites is 1. The van der Waals surface area contributed by atoms with E-state index in [9.17, 15) is 4.79 Å². The Hall–Kier alpha value is -2.49. The summed E-state index contributed by atoms with van der Waals surface area (Å²) < 4.78 is 5.34. The normalized spacial score (nSPS) is 11.7. The molecule has 4 nitrogen and oxygen atoms in total. The van der Waals surface area contributed by atoms with E-state index in [4.69, 9.17) is 4.74 Å². The van der Waals surface area contributed by atoms with Crippen LogP contribution in [0.1, 0.15) is 29.7 Å². The number of aryl methyl sites for hydroxylation is 2. The SMILES string of the molecule is COc1ccccc1C(C)NC(=O)CNc1ccc(C)cc1C. The molecule has 0 saturated heterocycles. The van der Waals surface area contributed by atoms with Crippen LogP contribution in [0.4, 0.5) is 5.69 Å². The maximum atomic E-state index is 12.2. The molecule has 0 radical (unpaired) electrons. The number of hydrogen-bond acceptors (Lipinski definition) is 3. The number of ether oxygens (including phenoxy) is 1. The molecular weight excluding hydrogens is 288 g/mol. The summed E-state index contributed by atoms with van der Waals surface area (Å²) in [5.41, 5.74) is 4.29. The third-order valence-electron chi connectivity index (χ3n) is 3.80. The van der Waals surface area contributed by atoms with Crippen LogP contribution < -0.4 is 15.4 Å². The van der Waals surface area contributed by atoms with Crippen LogP contribution in [0.25, 0.3) is 0 Å². The highest BCUT2D eigenvalue weighted by Gasteiger charge is 2.13. The maximum absolute atomic E-state index is 12.2. The quantitative estimate of drug-likeness (QED) is 0.857. The molecule has 2 aromatic carbocycles. The van der Waals surface area contributed by atoms with E-state index in [0.717, 1.165) is 22.6 Å². The van der Waals surface area contributed by atoms with Crippen LogP contribution in [0.2, 0.25) is 0 Å². The Labute approximate surface area is 137 Å². The lowest BCUT2D eigenvalue weighted by molar-refractivity contribution is -0.120. The summed E-state index contributed by atoms with van der Waals surface area (Å²) in [5, 5.41) is 6.17. The molecule has 1 unspecified atom stereocenters. The molecule has 0 saturated carbocycles. The fourth-order valence-corrected chi connectivity index (χ4v) is 2.58. The minimum Gasteiger partial charge on any atom is -0.496 e. The van der Waals surface area contributed by atoms with Crippen LogP contribution in [0.15, 0.2) is 42.5 Å². The van der Waals surface area contributed by atoms with Gasteiger partial charge in [-0.25, -0.2) is 0 Å². The second kappa shape index (κ2) is 7.68. The van der Waals surface area contributed by atoms with Gasteiger partial charge in [0.25, 0.3) is 0 Å². The zero-order valence-electron chi connectivity index (χ0n) is 14.1. The van der Waals surface area contributed by atoms with Gasteiger partial charge in [-0.1, -0.05) is 35.9 Å². The molecular formula is C19H24N2O2. The smallest absolute Gasteiger partial charge is 0.239 e. The van der Waals surface area contributed by atoms with Crippen molar-refractivity contribution >= 4 is 11.6 Å². The second-order valence-electron chi connectivity index (χ2n) is 5.70. The molecule has 23 heavy (non-hydrogen) atoms. The molecule has 0 aromatic heterocycles. The van der Waals surface area contributed by atoms with Gasteiger partial charge in [0.15, 0.2) is 0 Å². The van der Waals surface area contributed by atoms with Crippen LogP contribution in [0.5, 0.6) is 5.75 Å². The molecule has 2 aromatic rings. The number of amides is 1. The molecule has 1 atom stereocenters. The molecule has 0 aliphatic heterocycles. The Morgan fingerprint density at radius 3 is 2.61 bits per heavy atom. The number of nitrogens with one attached hydrogen (secondary N) is 2. The Kier molecular flexibility index (Phi) is 5.63. The van der Waals surface area contributed by atoms with Gasteiger partial charge < -0.3 is 15.4 Å². The summed E-state index contributed by atoms with van der Waals surface area (Å²) in [5.74, 6) is 0.728. The summed E-state index contributed by atoms with van der Waals surface area (Å²) in [6.45, 7) is 6.28. The van der Waals surface area contributed by atoms with Gasteiger partial charge in [0.1, 0.15) is 5.75 Å². The van der Waals surface area contributed by atoms with E-state index in [0.29, 0.717) is 0 Å². The van der Waals surface area contributed by atoms with Gasteiger partial charge in [0, 0.05) is 11.3 Å². The highest BCUT2D eigenvalue weighted by atomic mass is 16.5.